The average Bonchev–Trinajstić information content (AvgIpc) is 2.66. The van der Waals surface area contributed by atoms with Crippen molar-refractivity contribution >= 4 is 38.5 Å². The van der Waals surface area contributed by atoms with E-state index in [4.69, 9.17) is 9.47 Å². The van der Waals surface area contributed by atoms with E-state index in [1.54, 1.807) is 6.92 Å². The van der Waals surface area contributed by atoms with Gasteiger partial charge in [-0.15, -0.1) is 0 Å². The SMILES string of the molecule is CCOC(=O)c1cnc2cc(OC)c(F)cc2c1NCc1c(F)cc(Br)cc1F. The van der Waals surface area contributed by atoms with E-state index in [-0.39, 0.29) is 45.6 Å². The minimum absolute atomic E-state index is 0.0156. The van der Waals surface area contributed by atoms with Gasteiger partial charge in [0.15, 0.2) is 11.6 Å². The fourth-order valence-corrected chi connectivity index (χ4v) is 3.22. The van der Waals surface area contributed by atoms with Crippen molar-refractivity contribution in [2.45, 2.75) is 13.5 Å². The number of nitrogens with one attached hydrogen (secondary N) is 1. The number of nitrogens with zero attached hydrogens (tertiary/aromatic N) is 1. The molecular formula is C20H16BrF3N2O3. The lowest BCUT2D eigenvalue weighted by Crippen LogP contribution is -2.12. The molecule has 0 fully saturated rings. The smallest absolute Gasteiger partial charge is 0.341 e. The molecular weight excluding hydrogens is 453 g/mol. The Morgan fingerprint density at radius 2 is 1.83 bits per heavy atom. The van der Waals surface area contributed by atoms with Crippen LogP contribution in [-0.2, 0) is 11.3 Å². The number of pyridine rings is 1. The Morgan fingerprint density at radius 3 is 2.45 bits per heavy atom. The molecule has 0 aliphatic rings. The topological polar surface area (TPSA) is 60.5 Å². The number of carbonyl (C=O) groups is 1. The normalized spacial score (nSPS) is 10.8. The molecule has 0 atom stereocenters. The van der Waals surface area contributed by atoms with Gasteiger partial charge in [0.25, 0.3) is 0 Å². The lowest BCUT2D eigenvalue weighted by Gasteiger charge is -2.15. The largest absolute Gasteiger partial charge is 0.494 e. The van der Waals surface area contributed by atoms with Gasteiger partial charge in [0.2, 0.25) is 0 Å². The third-order valence-corrected chi connectivity index (χ3v) is 4.64. The van der Waals surface area contributed by atoms with E-state index >= 15 is 0 Å². The molecule has 1 N–H and O–H groups in total. The summed E-state index contributed by atoms with van der Waals surface area (Å²) in [5, 5.41) is 3.08. The maximum absolute atomic E-state index is 14.3. The number of hydrogen-bond acceptors (Lipinski definition) is 5. The molecule has 152 valence electrons. The predicted octanol–water partition coefficient (Wildman–Crippen LogP) is 5.21. The number of anilines is 1. The summed E-state index contributed by atoms with van der Waals surface area (Å²) in [4.78, 5) is 16.5. The molecule has 0 amide bonds. The van der Waals surface area contributed by atoms with Crippen molar-refractivity contribution in [3.05, 3.63) is 63.5 Å². The van der Waals surface area contributed by atoms with Gasteiger partial charge in [0.05, 0.1) is 24.9 Å². The lowest BCUT2D eigenvalue weighted by atomic mass is 10.1. The molecule has 1 heterocycles. The number of hydrogen-bond donors (Lipinski definition) is 1. The highest BCUT2D eigenvalue weighted by Gasteiger charge is 2.20. The van der Waals surface area contributed by atoms with Crippen molar-refractivity contribution < 1.29 is 27.4 Å². The van der Waals surface area contributed by atoms with Crippen molar-refractivity contribution in [1.29, 1.82) is 0 Å². The number of esters is 1. The van der Waals surface area contributed by atoms with Gasteiger partial charge in [-0.05, 0) is 25.1 Å². The number of halogens is 4. The molecule has 0 bridgehead atoms. The Labute approximate surface area is 173 Å². The minimum Gasteiger partial charge on any atom is -0.494 e. The second kappa shape index (κ2) is 8.69. The third kappa shape index (κ3) is 4.29. The molecule has 5 nitrogen and oxygen atoms in total. The second-order valence-corrected chi connectivity index (χ2v) is 6.89. The monoisotopic (exact) mass is 468 g/mol. The molecule has 3 aromatic rings. The van der Waals surface area contributed by atoms with Crippen LogP contribution in [0.5, 0.6) is 5.75 Å². The molecule has 0 radical (unpaired) electrons. The zero-order chi connectivity index (χ0) is 21.1. The quantitative estimate of drug-likeness (QED) is 0.503. The Bertz CT molecular complexity index is 1070. The van der Waals surface area contributed by atoms with E-state index in [9.17, 15) is 18.0 Å². The zero-order valence-corrected chi connectivity index (χ0v) is 17.1. The molecule has 0 aliphatic heterocycles. The number of ether oxygens (including phenoxy) is 2. The van der Waals surface area contributed by atoms with E-state index in [0.29, 0.717) is 5.52 Å². The van der Waals surface area contributed by atoms with Crippen LogP contribution in [0.15, 0.2) is 34.9 Å². The van der Waals surface area contributed by atoms with Gasteiger partial charge < -0.3 is 14.8 Å². The predicted molar refractivity (Wildman–Crippen MR) is 106 cm³/mol. The fraction of sp³-hybridized carbons (Fsp3) is 0.200. The first kappa shape index (κ1) is 20.9. The fourth-order valence-electron chi connectivity index (χ4n) is 2.82. The minimum atomic E-state index is -0.770. The van der Waals surface area contributed by atoms with Crippen LogP contribution in [0.1, 0.15) is 22.8 Å². The summed E-state index contributed by atoms with van der Waals surface area (Å²) < 4.78 is 52.9. The summed E-state index contributed by atoms with van der Waals surface area (Å²) in [6.07, 6.45) is 1.26. The van der Waals surface area contributed by atoms with Crippen LogP contribution < -0.4 is 10.1 Å². The summed E-state index contributed by atoms with van der Waals surface area (Å²) in [6, 6.07) is 4.76. The molecule has 9 heteroatoms. The van der Waals surface area contributed by atoms with Crippen molar-refractivity contribution in [1.82, 2.24) is 4.98 Å². The van der Waals surface area contributed by atoms with Crippen molar-refractivity contribution in [3.8, 4) is 5.75 Å². The zero-order valence-electron chi connectivity index (χ0n) is 15.5. The van der Waals surface area contributed by atoms with Gasteiger partial charge in [-0.1, -0.05) is 15.9 Å². The van der Waals surface area contributed by atoms with E-state index in [1.807, 2.05) is 0 Å². The lowest BCUT2D eigenvalue weighted by molar-refractivity contribution is 0.0527. The van der Waals surface area contributed by atoms with Gasteiger partial charge in [-0.2, -0.15) is 0 Å². The Morgan fingerprint density at radius 1 is 1.14 bits per heavy atom. The van der Waals surface area contributed by atoms with Gasteiger partial charge in [-0.25, -0.2) is 18.0 Å². The molecule has 0 saturated carbocycles. The van der Waals surface area contributed by atoms with E-state index in [2.05, 4.69) is 26.2 Å². The third-order valence-electron chi connectivity index (χ3n) is 4.18. The van der Waals surface area contributed by atoms with Crippen LogP contribution in [0.25, 0.3) is 10.9 Å². The Balaban J connectivity index is 2.11. The molecule has 2 aromatic carbocycles. The molecule has 3 rings (SSSR count). The summed E-state index contributed by atoms with van der Waals surface area (Å²) in [6.45, 7) is 1.46. The Hall–Kier alpha value is -2.81. The van der Waals surface area contributed by atoms with Crippen LogP contribution in [-0.4, -0.2) is 24.7 Å². The van der Waals surface area contributed by atoms with E-state index in [0.717, 1.165) is 18.2 Å². The molecule has 0 aliphatic carbocycles. The molecule has 1 aromatic heterocycles. The van der Waals surface area contributed by atoms with Crippen molar-refractivity contribution in [2.75, 3.05) is 19.0 Å². The Kier molecular flexibility index (Phi) is 6.26. The van der Waals surface area contributed by atoms with Gasteiger partial charge in [-0.3, -0.25) is 4.98 Å². The highest BCUT2D eigenvalue weighted by molar-refractivity contribution is 9.10. The van der Waals surface area contributed by atoms with Crippen LogP contribution in [0, 0.1) is 17.5 Å². The number of aromatic nitrogens is 1. The summed E-state index contributed by atoms with van der Waals surface area (Å²) in [5.41, 5.74) is 0.260. The number of benzene rings is 2. The maximum atomic E-state index is 14.3. The number of methoxy groups -OCH3 is 1. The summed E-state index contributed by atoms with van der Waals surface area (Å²) in [5.74, 6) is -2.93. The first-order valence-electron chi connectivity index (χ1n) is 8.56. The van der Waals surface area contributed by atoms with Crippen LogP contribution in [0.3, 0.4) is 0 Å². The van der Waals surface area contributed by atoms with Gasteiger partial charge in [0, 0.05) is 34.2 Å². The summed E-state index contributed by atoms with van der Waals surface area (Å²) in [7, 11) is 1.31. The van der Waals surface area contributed by atoms with Crippen LogP contribution in [0.2, 0.25) is 0 Å². The highest BCUT2D eigenvalue weighted by Crippen LogP contribution is 2.32. The molecule has 0 saturated heterocycles. The second-order valence-electron chi connectivity index (χ2n) is 5.97. The number of carbonyl (C=O) groups excluding carboxylic acids is 1. The molecule has 29 heavy (non-hydrogen) atoms. The van der Waals surface area contributed by atoms with Crippen molar-refractivity contribution in [3.63, 3.8) is 0 Å². The summed E-state index contributed by atoms with van der Waals surface area (Å²) >= 11 is 3.02. The average molecular weight is 469 g/mol. The highest BCUT2D eigenvalue weighted by atomic mass is 79.9. The van der Waals surface area contributed by atoms with Gasteiger partial charge >= 0.3 is 5.97 Å². The standard InChI is InChI=1S/C20H16BrF3N2O3/c1-3-29-20(27)13-9-25-17-7-18(28-2)16(24)6-11(17)19(13)26-8-12-14(22)4-10(21)5-15(12)23/h4-7,9H,3,8H2,1-2H3,(H,25,26). The molecule has 0 spiro atoms. The van der Waals surface area contributed by atoms with Crippen molar-refractivity contribution in [2.24, 2.45) is 0 Å². The van der Waals surface area contributed by atoms with E-state index < -0.39 is 23.4 Å². The van der Waals surface area contributed by atoms with Crippen LogP contribution >= 0.6 is 15.9 Å². The van der Waals surface area contributed by atoms with E-state index in [1.165, 1.54) is 19.4 Å². The number of rotatable bonds is 6. The van der Waals surface area contributed by atoms with Crippen LogP contribution in [0.4, 0.5) is 18.9 Å². The van der Waals surface area contributed by atoms with Gasteiger partial charge in [0.1, 0.15) is 17.2 Å². The maximum Gasteiger partial charge on any atom is 0.341 e. The first-order valence-corrected chi connectivity index (χ1v) is 9.35. The number of fused-ring (bicyclic) bond motifs is 1. The molecule has 0 unspecified atom stereocenters. The first-order chi connectivity index (χ1) is 13.8.